The predicted octanol–water partition coefficient (Wildman–Crippen LogP) is 1.33. The van der Waals surface area contributed by atoms with E-state index in [1.807, 2.05) is 12.2 Å². The summed E-state index contributed by atoms with van der Waals surface area (Å²) >= 11 is 0. The van der Waals surface area contributed by atoms with E-state index in [0.717, 1.165) is 6.42 Å². The topological polar surface area (TPSA) is 43.4 Å². The molecule has 3 unspecified atom stereocenters. The molecule has 0 N–H and O–H groups in total. The van der Waals surface area contributed by atoms with Crippen LogP contribution in [0.2, 0.25) is 0 Å². The first kappa shape index (κ1) is 9.44. The van der Waals surface area contributed by atoms with Crippen LogP contribution in [0.4, 0.5) is 0 Å². The molecule has 0 aromatic carbocycles. The summed E-state index contributed by atoms with van der Waals surface area (Å²) in [5.74, 6) is 0.179. The third kappa shape index (κ3) is 1.47. The first-order chi connectivity index (χ1) is 6.72. The lowest BCUT2D eigenvalue weighted by molar-refractivity contribution is -0.147. The van der Waals surface area contributed by atoms with E-state index in [1.165, 1.54) is 7.11 Å². The van der Waals surface area contributed by atoms with E-state index >= 15 is 0 Å². The number of hydrogen-bond acceptors (Lipinski definition) is 3. The summed E-state index contributed by atoms with van der Waals surface area (Å²) in [6, 6.07) is 0. The minimum absolute atomic E-state index is 0.0437. The molecule has 0 saturated heterocycles. The van der Waals surface area contributed by atoms with Crippen LogP contribution in [-0.4, -0.2) is 18.9 Å². The zero-order chi connectivity index (χ0) is 10.1. The van der Waals surface area contributed by atoms with E-state index in [9.17, 15) is 9.59 Å². The molecule has 1 saturated carbocycles. The highest BCUT2D eigenvalue weighted by Gasteiger charge is 2.38. The van der Waals surface area contributed by atoms with E-state index in [0.29, 0.717) is 12.8 Å². The SMILES string of the molecule is COC(=O)C1CC2C=CC1CCC2=O. The molecular formula is C11H14O3. The highest BCUT2D eigenvalue weighted by atomic mass is 16.5. The normalized spacial score (nSPS) is 35.5. The molecule has 3 rings (SSSR count). The van der Waals surface area contributed by atoms with Crippen molar-refractivity contribution in [2.45, 2.75) is 19.3 Å². The molecule has 76 valence electrons. The van der Waals surface area contributed by atoms with Crippen LogP contribution in [0.5, 0.6) is 0 Å². The van der Waals surface area contributed by atoms with Gasteiger partial charge in [-0.05, 0) is 18.8 Å². The molecule has 3 nitrogen and oxygen atoms in total. The average molecular weight is 194 g/mol. The molecule has 3 aliphatic rings. The first-order valence-corrected chi connectivity index (χ1v) is 5.01. The van der Waals surface area contributed by atoms with E-state index in [1.54, 1.807) is 0 Å². The highest BCUT2D eigenvalue weighted by molar-refractivity contribution is 5.85. The van der Waals surface area contributed by atoms with Gasteiger partial charge in [-0.3, -0.25) is 9.59 Å². The van der Waals surface area contributed by atoms with E-state index in [2.05, 4.69) is 0 Å². The number of carbonyl (C=O) groups excluding carboxylic acids is 2. The zero-order valence-corrected chi connectivity index (χ0v) is 8.23. The van der Waals surface area contributed by atoms with Gasteiger partial charge in [0.05, 0.1) is 13.0 Å². The monoisotopic (exact) mass is 194 g/mol. The Hall–Kier alpha value is -1.12. The number of esters is 1. The lowest BCUT2D eigenvalue weighted by Crippen LogP contribution is -2.27. The molecule has 2 bridgehead atoms. The fourth-order valence-electron chi connectivity index (χ4n) is 2.39. The van der Waals surface area contributed by atoms with Crippen LogP contribution < -0.4 is 0 Å². The summed E-state index contributed by atoms with van der Waals surface area (Å²) < 4.78 is 4.75. The van der Waals surface area contributed by atoms with Gasteiger partial charge in [-0.1, -0.05) is 12.2 Å². The highest BCUT2D eigenvalue weighted by Crippen LogP contribution is 2.37. The first-order valence-electron chi connectivity index (χ1n) is 5.01. The Labute approximate surface area is 83.1 Å². The lowest BCUT2D eigenvalue weighted by Gasteiger charge is -2.24. The van der Waals surface area contributed by atoms with Crippen LogP contribution in [0.25, 0.3) is 0 Å². The van der Waals surface area contributed by atoms with Crippen molar-refractivity contribution >= 4 is 11.8 Å². The van der Waals surface area contributed by atoms with Crippen LogP contribution in [0.15, 0.2) is 12.2 Å². The fourth-order valence-corrected chi connectivity index (χ4v) is 2.39. The van der Waals surface area contributed by atoms with Gasteiger partial charge in [-0.15, -0.1) is 0 Å². The molecule has 1 fully saturated rings. The third-order valence-electron chi connectivity index (χ3n) is 3.26. The quantitative estimate of drug-likeness (QED) is 0.467. The van der Waals surface area contributed by atoms with Crippen molar-refractivity contribution in [1.29, 1.82) is 0 Å². The summed E-state index contributed by atoms with van der Waals surface area (Å²) in [7, 11) is 1.41. The Morgan fingerprint density at radius 2 is 2.29 bits per heavy atom. The van der Waals surface area contributed by atoms with Gasteiger partial charge in [-0.2, -0.15) is 0 Å². The molecule has 0 amide bonds. The number of ether oxygens (including phenoxy) is 1. The number of allylic oxidation sites excluding steroid dienone is 2. The van der Waals surface area contributed by atoms with Crippen LogP contribution in [0.3, 0.4) is 0 Å². The standard InChI is InChI=1S/C11H14O3/c1-14-11(13)9-6-8-3-2-7(9)4-5-10(8)12/h2-3,7-9H,4-6H2,1H3. The van der Waals surface area contributed by atoms with Crippen molar-refractivity contribution in [1.82, 2.24) is 0 Å². The van der Waals surface area contributed by atoms with Crippen LogP contribution in [0, 0.1) is 17.8 Å². The smallest absolute Gasteiger partial charge is 0.309 e. The number of rotatable bonds is 1. The molecule has 0 radical (unpaired) electrons. The Morgan fingerprint density at radius 1 is 1.50 bits per heavy atom. The molecular weight excluding hydrogens is 180 g/mol. The largest absolute Gasteiger partial charge is 0.469 e. The Morgan fingerprint density at radius 3 is 3.00 bits per heavy atom. The second kappa shape index (κ2) is 3.56. The number of hydrogen-bond donors (Lipinski definition) is 0. The van der Waals surface area contributed by atoms with Gasteiger partial charge < -0.3 is 4.74 Å². The number of fused-ring (bicyclic) bond motifs is 3. The molecule has 3 atom stereocenters. The molecule has 0 spiro atoms. The van der Waals surface area contributed by atoms with Crippen molar-refractivity contribution in [3.05, 3.63) is 12.2 Å². The summed E-state index contributed by atoms with van der Waals surface area (Å²) in [6.07, 6.45) is 6.02. The second-order valence-corrected chi connectivity index (χ2v) is 4.03. The summed E-state index contributed by atoms with van der Waals surface area (Å²) in [4.78, 5) is 23.0. The molecule has 0 aromatic rings. The average Bonchev–Trinajstić information content (AvgIpc) is 2.49. The predicted molar refractivity (Wildman–Crippen MR) is 50.5 cm³/mol. The van der Waals surface area contributed by atoms with Gasteiger partial charge in [-0.25, -0.2) is 0 Å². The minimum atomic E-state index is -0.168. The van der Waals surface area contributed by atoms with Gasteiger partial charge in [0.25, 0.3) is 0 Å². The molecule has 0 heterocycles. The Bertz CT molecular complexity index is 293. The number of carbonyl (C=O) groups is 2. The summed E-state index contributed by atoms with van der Waals surface area (Å²) in [5, 5.41) is 0. The maximum Gasteiger partial charge on any atom is 0.309 e. The number of Topliss-reactive ketones (excluding diaryl/α,β-unsaturated/α-hetero) is 1. The van der Waals surface area contributed by atoms with E-state index in [4.69, 9.17) is 4.74 Å². The number of methoxy groups -OCH3 is 1. The molecule has 0 aromatic heterocycles. The molecule has 14 heavy (non-hydrogen) atoms. The van der Waals surface area contributed by atoms with Gasteiger partial charge in [0.1, 0.15) is 5.78 Å². The second-order valence-electron chi connectivity index (χ2n) is 4.03. The van der Waals surface area contributed by atoms with Crippen molar-refractivity contribution in [3.63, 3.8) is 0 Å². The van der Waals surface area contributed by atoms with Gasteiger partial charge in [0, 0.05) is 12.3 Å². The fraction of sp³-hybridized carbons (Fsp3) is 0.636. The van der Waals surface area contributed by atoms with Crippen molar-refractivity contribution in [2.24, 2.45) is 17.8 Å². The Balaban J connectivity index is 2.21. The van der Waals surface area contributed by atoms with Crippen molar-refractivity contribution < 1.29 is 14.3 Å². The minimum Gasteiger partial charge on any atom is -0.469 e. The zero-order valence-electron chi connectivity index (χ0n) is 8.23. The van der Waals surface area contributed by atoms with Crippen LogP contribution in [-0.2, 0) is 14.3 Å². The van der Waals surface area contributed by atoms with Gasteiger partial charge in [0.15, 0.2) is 0 Å². The van der Waals surface area contributed by atoms with Crippen LogP contribution in [0.1, 0.15) is 19.3 Å². The van der Waals surface area contributed by atoms with E-state index in [-0.39, 0.29) is 29.5 Å². The van der Waals surface area contributed by atoms with Crippen molar-refractivity contribution in [3.8, 4) is 0 Å². The third-order valence-corrected chi connectivity index (χ3v) is 3.26. The summed E-state index contributed by atoms with van der Waals surface area (Å²) in [6.45, 7) is 0. The van der Waals surface area contributed by atoms with E-state index < -0.39 is 0 Å². The van der Waals surface area contributed by atoms with Gasteiger partial charge >= 0.3 is 5.97 Å². The van der Waals surface area contributed by atoms with Crippen molar-refractivity contribution in [2.75, 3.05) is 7.11 Å². The van der Waals surface area contributed by atoms with Crippen LogP contribution >= 0.6 is 0 Å². The maximum absolute atomic E-state index is 11.5. The number of ketones is 1. The maximum atomic E-state index is 11.5. The molecule has 0 aliphatic heterocycles. The molecule has 3 heteroatoms. The van der Waals surface area contributed by atoms with Gasteiger partial charge in [0.2, 0.25) is 0 Å². The lowest BCUT2D eigenvalue weighted by atomic mass is 9.80. The summed E-state index contributed by atoms with van der Waals surface area (Å²) in [5.41, 5.74) is 0. The Kier molecular flexibility index (Phi) is 2.40. The molecule has 3 aliphatic carbocycles.